The molecule has 0 radical (unpaired) electrons. The highest BCUT2D eigenvalue weighted by atomic mass is 35.5. The van der Waals surface area contributed by atoms with Crippen LogP contribution in [-0.4, -0.2) is 18.1 Å². The molecule has 5 heteroatoms. The fraction of sp³-hybridized carbons (Fsp3) is 0.140. The highest BCUT2D eigenvalue weighted by Crippen LogP contribution is 2.45. The van der Waals surface area contributed by atoms with Crippen molar-refractivity contribution in [2.75, 3.05) is 0 Å². The van der Waals surface area contributed by atoms with Crippen molar-refractivity contribution in [2.45, 2.75) is 37.2 Å². The minimum atomic E-state index is -1.39. The lowest BCUT2D eigenvalue weighted by Crippen LogP contribution is -2.50. The maximum atomic E-state index is 14.5. The molecule has 0 amide bonds. The van der Waals surface area contributed by atoms with Crippen LogP contribution in [-0.2, 0) is 25.5 Å². The summed E-state index contributed by atoms with van der Waals surface area (Å²) in [6, 6.07) is 53.9. The molecule has 6 aromatic rings. The summed E-state index contributed by atoms with van der Waals surface area (Å²) in [4.78, 5) is 14.5. The minimum absolute atomic E-state index is 0.462. The molecule has 0 saturated carbocycles. The third-order valence-electron chi connectivity index (χ3n) is 8.83. The Bertz CT molecular complexity index is 1840. The van der Waals surface area contributed by atoms with Gasteiger partial charge in [0.25, 0.3) is 0 Å². The fourth-order valence-electron chi connectivity index (χ4n) is 6.34. The zero-order valence-electron chi connectivity index (χ0n) is 27.0. The van der Waals surface area contributed by atoms with Gasteiger partial charge < -0.3 is 15.2 Å². The van der Waals surface area contributed by atoms with Crippen LogP contribution in [0.5, 0.6) is 0 Å². The third kappa shape index (κ3) is 6.31. The Morgan fingerprint density at radius 2 is 0.938 bits per heavy atom. The van der Waals surface area contributed by atoms with E-state index in [2.05, 4.69) is 0 Å². The van der Waals surface area contributed by atoms with Crippen molar-refractivity contribution in [3.63, 3.8) is 0 Å². The average Bonchev–Trinajstić information content (AvgIpc) is 3.14. The smallest absolute Gasteiger partial charge is 0.327 e. The summed E-state index contributed by atoms with van der Waals surface area (Å²) in [5.74, 6) is -0.630. The number of carbonyl (C=O) groups excluding carboxylic acids is 1. The Morgan fingerprint density at radius 1 is 0.562 bits per heavy atom. The highest BCUT2D eigenvalue weighted by molar-refractivity contribution is 6.31. The van der Waals surface area contributed by atoms with Crippen molar-refractivity contribution in [3.05, 3.63) is 214 Å². The topological polar surface area (TPSA) is 61.5 Å². The van der Waals surface area contributed by atoms with Crippen molar-refractivity contribution in [2.24, 2.45) is 5.73 Å². The average molecular weight is 652 g/mol. The monoisotopic (exact) mass is 651 g/mol. The number of carbonyl (C=O) groups is 1. The molecular weight excluding hydrogens is 614 g/mol. The van der Waals surface area contributed by atoms with Crippen LogP contribution in [0.15, 0.2) is 170 Å². The van der Waals surface area contributed by atoms with Crippen LogP contribution in [0.25, 0.3) is 0 Å². The molecule has 0 heterocycles. The lowest BCUT2D eigenvalue weighted by Gasteiger charge is -2.40. The number of hydrogen-bond acceptors (Lipinski definition) is 4. The molecule has 0 aromatic heterocycles. The van der Waals surface area contributed by atoms with Crippen molar-refractivity contribution >= 4 is 17.6 Å². The molecule has 1 unspecified atom stereocenters. The minimum Gasteiger partial charge on any atom is -0.443 e. The second-order valence-corrected chi connectivity index (χ2v) is 12.3. The summed E-state index contributed by atoms with van der Waals surface area (Å²) in [6.45, 7) is 3.84. The van der Waals surface area contributed by atoms with Gasteiger partial charge in [-0.25, -0.2) is 0 Å². The lowest BCUT2D eigenvalue weighted by molar-refractivity contribution is -0.161. The second kappa shape index (κ2) is 14.4. The molecule has 2 N–H and O–H groups in total. The van der Waals surface area contributed by atoms with Crippen molar-refractivity contribution in [1.82, 2.24) is 0 Å². The Hall–Kier alpha value is -5.00. The Morgan fingerprint density at radius 3 is 1.38 bits per heavy atom. The molecule has 0 aliphatic heterocycles. The molecule has 0 spiro atoms. The molecule has 0 bridgehead atoms. The summed E-state index contributed by atoms with van der Waals surface area (Å²) < 4.78 is 13.8. The van der Waals surface area contributed by atoms with Gasteiger partial charge in [-0.05, 0) is 36.6 Å². The third-order valence-corrected chi connectivity index (χ3v) is 9.16. The van der Waals surface area contributed by atoms with Crippen molar-refractivity contribution in [3.8, 4) is 0 Å². The van der Waals surface area contributed by atoms with Gasteiger partial charge in [-0.15, -0.1) is 0 Å². The zero-order chi connectivity index (χ0) is 33.6. The largest absolute Gasteiger partial charge is 0.443 e. The Kier molecular flexibility index (Phi) is 9.88. The van der Waals surface area contributed by atoms with Crippen LogP contribution in [0.3, 0.4) is 0 Å². The van der Waals surface area contributed by atoms with Gasteiger partial charge in [0.1, 0.15) is 11.6 Å². The van der Waals surface area contributed by atoms with E-state index >= 15 is 0 Å². The molecule has 0 aliphatic carbocycles. The SMILES string of the molecule is Cc1ccc(C(OC(=O)[C@H](N)[C@H](C)OC(c2ccccc2)(c2ccccc2)c2ccccc2)(c2ccccc2)c2ccccc2Cl)cc1. The Labute approximate surface area is 287 Å². The van der Waals surface area contributed by atoms with Crippen molar-refractivity contribution in [1.29, 1.82) is 0 Å². The van der Waals surface area contributed by atoms with Crippen LogP contribution in [0.1, 0.15) is 45.9 Å². The summed E-state index contributed by atoms with van der Waals surface area (Å²) in [5.41, 5.74) is 10.3. The first-order valence-corrected chi connectivity index (χ1v) is 16.4. The number of rotatable bonds is 11. The first-order valence-electron chi connectivity index (χ1n) is 16.1. The molecular formula is C43H38ClNO3. The van der Waals surface area contributed by atoms with Gasteiger partial charge in [-0.3, -0.25) is 4.79 Å². The number of hydrogen-bond donors (Lipinski definition) is 1. The van der Waals surface area contributed by atoms with Gasteiger partial charge in [-0.2, -0.15) is 0 Å². The molecule has 6 aromatic carbocycles. The van der Waals surface area contributed by atoms with E-state index < -0.39 is 29.3 Å². The van der Waals surface area contributed by atoms with E-state index in [0.717, 1.165) is 33.4 Å². The lowest BCUT2D eigenvalue weighted by atomic mass is 9.79. The molecule has 0 saturated heterocycles. The summed E-state index contributed by atoms with van der Waals surface area (Å²) in [7, 11) is 0. The maximum absolute atomic E-state index is 14.5. The van der Waals surface area contributed by atoms with E-state index in [-0.39, 0.29) is 0 Å². The molecule has 0 fully saturated rings. The number of ether oxygens (including phenoxy) is 2. The molecule has 240 valence electrons. The number of benzene rings is 6. The quantitative estimate of drug-likeness (QED) is 0.112. The molecule has 4 nitrogen and oxygen atoms in total. The first kappa shape index (κ1) is 32.9. The number of esters is 1. The van der Waals surface area contributed by atoms with E-state index in [0.29, 0.717) is 10.6 Å². The number of aryl methyl sites for hydroxylation is 1. The van der Waals surface area contributed by atoms with Gasteiger partial charge in [0.2, 0.25) is 0 Å². The normalized spacial score (nSPS) is 14.0. The van der Waals surface area contributed by atoms with E-state index in [1.807, 2.05) is 178 Å². The summed E-state index contributed by atoms with van der Waals surface area (Å²) in [6.07, 6.45) is -0.796. The van der Waals surface area contributed by atoms with Crippen LogP contribution >= 0.6 is 11.6 Å². The van der Waals surface area contributed by atoms with Crippen LogP contribution in [0, 0.1) is 6.92 Å². The van der Waals surface area contributed by atoms with Gasteiger partial charge in [-0.1, -0.05) is 181 Å². The van der Waals surface area contributed by atoms with Gasteiger partial charge >= 0.3 is 5.97 Å². The summed E-state index contributed by atoms with van der Waals surface area (Å²) >= 11 is 6.91. The maximum Gasteiger partial charge on any atom is 0.327 e. The van der Waals surface area contributed by atoms with Crippen LogP contribution in [0.4, 0.5) is 0 Å². The molecule has 3 atom stereocenters. The molecule has 6 rings (SSSR count). The van der Waals surface area contributed by atoms with Gasteiger partial charge in [0, 0.05) is 21.7 Å². The van der Waals surface area contributed by atoms with Gasteiger partial charge in [0.15, 0.2) is 5.60 Å². The fourth-order valence-corrected chi connectivity index (χ4v) is 6.61. The van der Waals surface area contributed by atoms with Crippen LogP contribution in [0.2, 0.25) is 5.02 Å². The highest BCUT2D eigenvalue weighted by Gasteiger charge is 2.46. The number of halogens is 1. The second-order valence-electron chi connectivity index (χ2n) is 11.9. The molecule has 48 heavy (non-hydrogen) atoms. The molecule has 0 aliphatic rings. The van der Waals surface area contributed by atoms with E-state index in [1.165, 1.54) is 0 Å². The zero-order valence-corrected chi connectivity index (χ0v) is 27.8. The number of nitrogens with two attached hydrogens (primary N) is 1. The van der Waals surface area contributed by atoms with E-state index in [9.17, 15) is 4.79 Å². The van der Waals surface area contributed by atoms with Crippen molar-refractivity contribution < 1.29 is 14.3 Å². The summed E-state index contributed by atoms with van der Waals surface area (Å²) in [5, 5.41) is 0.462. The van der Waals surface area contributed by atoms with E-state index in [1.54, 1.807) is 6.07 Å². The predicted octanol–water partition coefficient (Wildman–Crippen LogP) is 9.21. The Balaban J connectivity index is 1.45. The van der Waals surface area contributed by atoms with Gasteiger partial charge in [0.05, 0.1) is 6.10 Å². The standard InChI is InChI=1S/C43H38ClNO3/c1-31-27-29-37(30-28-31)43(36-23-13-6-14-24-36,38-25-15-16-26-39(38)44)48-41(46)40(45)32(2)47-42(33-17-7-3-8-18-33,34-19-9-4-10-20-34)35-21-11-5-12-22-35/h3-30,32,40H,45H2,1-2H3/t32-,40+,43?/m0/s1. The van der Waals surface area contributed by atoms with E-state index in [4.69, 9.17) is 26.8 Å². The first-order chi connectivity index (χ1) is 23.4. The predicted molar refractivity (Wildman–Crippen MR) is 193 cm³/mol. The van der Waals surface area contributed by atoms with Crippen LogP contribution < -0.4 is 5.73 Å².